The Labute approximate surface area is 116 Å². The fourth-order valence-corrected chi connectivity index (χ4v) is 2.58. The van der Waals surface area contributed by atoms with Crippen LogP contribution < -0.4 is 5.56 Å². The summed E-state index contributed by atoms with van der Waals surface area (Å²) in [5.41, 5.74) is 2.57. The second kappa shape index (κ2) is 4.53. The van der Waals surface area contributed by atoms with Crippen LogP contribution in [0.15, 0.2) is 53.3 Å². The van der Waals surface area contributed by atoms with E-state index in [0.717, 1.165) is 16.5 Å². The van der Waals surface area contributed by atoms with Crippen LogP contribution in [0.1, 0.15) is 11.1 Å². The molecule has 0 bridgehead atoms. The molecule has 0 aliphatic carbocycles. The highest BCUT2D eigenvalue weighted by molar-refractivity contribution is 5.87. The van der Waals surface area contributed by atoms with Crippen LogP contribution in [-0.2, 0) is 0 Å². The molecule has 1 aromatic heterocycles. The number of aryl methyl sites for hydroxylation is 2. The summed E-state index contributed by atoms with van der Waals surface area (Å²) < 4.78 is 1.35. The van der Waals surface area contributed by atoms with E-state index in [1.54, 1.807) is 6.07 Å². The van der Waals surface area contributed by atoms with Gasteiger partial charge in [-0.15, -0.1) is 0 Å². The van der Waals surface area contributed by atoms with E-state index in [9.17, 15) is 9.90 Å². The molecular weight excluding hydrogens is 250 g/mol. The average molecular weight is 265 g/mol. The van der Waals surface area contributed by atoms with Crippen molar-refractivity contribution in [3.63, 3.8) is 0 Å². The lowest BCUT2D eigenvalue weighted by Crippen LogP contribution is -2.17. The zero-order valence-corrected chi connectivity index (χ0v) is 11.4. The van der Waals surface area contributed by atoms with E-state index < -0.39 is 0 Å². The molecule has 0 saturated carbocycles. The van der Waals surface area contributed by atoms with Gasteiger partial charge in [-0.25, -0.2) is 4.57 Å². The van der Waals surface area contributed by atoms with Gasteiger partial charge in [0.05, 0.1) is 5.69 Å². The lowest BCUT2D eigenvalue weighted by atomic mass is 10.1. The molecule has 0 saturated heterocycles. The molecule has 3 rings (SSSR count). The zero-order chi connectivity index (χ0) is 14.3. The first-order valence-electron chi connectivity index (χ1n) is 6.49. The Hall–Kier alpha value is -2.55. The summed E-state index contributed by atoms with van der Waals surface area (Å²) in [5, 5.41) is 11.8. The Kier molecular flexibility index (Phi) is 2.83. The maximum absolute atomic E-state index is 12.3. The molecule has 1 N–H and O–H groups in total. The van der Waals surface area contributed by atoms with Crippen LogP contribution in [0.4, 0.5) is 0 Å². The maximum atomic E-state index is 12.3. The Morgan fingerprint density at radius 2 is 1.60 bits per heavy atom. The number of aromatic hydroxyl groups is 1. The third-order valence-electron chi connectivity index (χ3n) is 3.38. The largest absolute Gasteiger partial charge is 0.494 e. The third-order valence-corrected chi connectivity index (χ3v) is 3.38. The van der Waals surface area contributed by atoms with Crippen molar-refractivity contribution in [1.29, 1.82) is 0 Å². The van der Waals surface area contributed by atoms with E-state index in [1.165, 1.54) is 4.57 Å². The molecule has 2 aromatic carbocycles. The molecule has 0 radical (unpaired) electrons. The lowest BCUT2D eigenvalue weighted by molar-refractivity contribution is 0.443. The molecule has 0 unspecified atom stereocenters. The van der Waals surface area contributed by atoms with Crippen LogP contribution in [0.25, 0.3) is 16.5 Å². The van der Waals surface area contributed by atoms with E-state index in [-0.39, 0.29) is 11.4 Å². The monoisotopic (exact) mass is 265 g/mol. The van der Waals surface area contributed by atoms with E-state index in [2.05, 4.69) is 0 Å². The number of pyridine rings is 1. The van der Waals surface area contributed by atoms with Gasteiger partial charge >= 0.3 is 0 Å². The Morgan fingerprint density at radius 3 is 2.30 bits per heavy atom. The highest BCUT2D eigenvalue weighted by Gasteiger charge is 2.10. The van der Waals surface area contributed by atoms with Crippen molar-refractivity contribution in [3.8, 4) is 11.6 Å². The SMILES string of the molecule is Cc1cc(C)cc(-n2c(O)c3ccccc3cc2=O)c1. The highest BCUT2D eigenvalue weighted by atomic mass is 16.3. The summed E-state index contributed by atoms with van der Waals surface area (Å²) in [6, 6.07) is 14.7. The Bertz CT molecular complexity index is 842. The lowest BCUT2D eigenvalue weighted by Gasteiger charge is -2.12. The van der Waals surface area contributed by atoms with Crippen molar-refractivity contribution in [2.45, 2.75) is 13.8 Å². The van der Waals surface area contributed by atoms with Crippen molar-refractivity contribution in [2.24, 2.45) is 0 Å². The first-order valence-corrected chi connectivity index (χ1v) is 6.49. The molecule has 0 atom stereocenters. The van der Waals surface area contributed by atoms with Gasteiger partial charge in [-0.3, -0.25) is 4.79 Å². The molecule has 0 fully saturated rings. The Morgan fingerprint density at radius 1 is 0.950 bits per heavy atom. The van der Waals surface area contributed by atoms with E-state index >= 15 is 0 Å². The summed E-state index contributed by atoms with van der Waals surface area (Å²) in [6.07, 6.45) is 0. The summed E-state index contributed by atoms with van der Waals surface area (Å²) >= 11 is 0. The third kappa shape index (κ3) is 1.97. The number of rotatable bonds is 1. The predicted octanol–water partition coefficient (Wildman–Crippen LogP) is 3.31. The van der Waals surface area contributed by atoms with Gasteiger partial charge < -0.3 is 5.11 Å². The fraction of sp³-hybridized carbons (Fsp3) is 0.118. The smallest absolute Gasteiger partial charge is 0.258 e. The van der Waals surface area contributed by atoms with Gasteiger partial charge in [-0.1, -0.05) is 24.3 Å². The fourth-order valence-electron chi connectivity index (χ4n) is 2.58. The van der Waals surface area contributed by atoms with Gasteiger partial charge in [0, 0.05) is 11.5 Å². The highest BCUT2D eigenvalue weighted by Crippen LogP contribution is 2.25. The van der Waals surface area contributed by atoms with Gasteiger partial charge in [0.25, 0.3) is 5.56 Å². The summed E-state index contributed by atoms with van der Waals surface area (Å²) in [6.45, 7) is 3.94. The van der Waals surface area contributed by atoms with Gasteiger partial charge in [-0.05, 0) is 48.6 Å². The summed E-state index contributed by atoms with van der Waals surface area (Å²) in [4.78, 5) is 12.3. The van der Waals surface area contributed by atoms with Gasteiger partial charge in [0.15, 0.2) is 0 Å². The summed E-state index contributed by atoms with van der Waals surface area (Å²) in [7, 11) is 0. The van der Waals surface area contributed by atoms with Gasteiger partial charge in [0.1, 0.15) is 0 Å². The van der Waals surface area contributed by atoms with Crippen LogP contribution in [-0.4, -0.2) is 9.67 Å². The van der Waals surface area contributed by atoms with Crippen LogP contribution in [0, 0.1) is 13.8 Å². The molecule has 3 heteroatoms. The van der Waals surface area contributed by atoms with Gasteiger partial charge in [0.2, 0.25) is 5.88 Å². The molecule has 1 heterocycles. The van der Waals surface area contributed by atoms with Crippen molar-refractivity contribution in [1.82, 2.24) is 4.57 Å². The molecule has 3 aromatic rings. The van der Waals surface area contributed by atoms with E-state index in [0.29, 0.717) is 11.1 Å². The molecule has 3 nitrogen and oxygen atoms in total. The summed E-state index contributed by atoms with van der Waals surface area (Å²) in [5.74, 6) is -0.0156. The van der Waals surface area contributed by atoms with E-state index in [1.807, 2.05) is 56.3 Å². The van der Waals surface area contributed by atoms with Crippen molar-refractivity contribution < 1.29 is 5.11 Å². The normalized spacial score (nSPS) is 10.9. The first kappa shape index (κ1) is 12.5. The molecule has 0 spiro atoms. The van der Waals surface area contributed by atoms with Crippen LogP contribution in [0.3, 0.4) is 0 Å². The molecule has 0 aliphatic rings. The number of aromatic nitrogens is 1. The van der Waals surface area contributed by atoms with Crippen LogP contribution >= 0.6 is 0 Å². The van der Waals surface area contributed by atoms with Crippen molar-refractivity contribution >= 4 is 10.8 Å². The molecule has 100 valence electrons. The number of hydrogen-bond acceptors (Lipinski definition) is 2. The Balaban J connectivity index is 2.39. The zero-order valence-electron chi connectivity index (χ0n) is 11.4. The number of nitrogens with zero attached hydrogens (tertiary/aromatic N) is 1. The standard InChI is InChI=1S/C17H15NO2/c1-11-7-12(2)9-14(8-11)18-16(19)10-13-5-3-4-6-15(13)17(18)20/h3-10,20H,1-2H3. The molecule has 0 aliphatic heterocycles. The number of fused-ring (bicyclic) bond motifs is 1. The van der Waals surface area contributed by atoms with Crippen LogP contribution in [0.2, 0.25) is 0 Å². The van der Waals surface area contributed by atoms with Crippen LogP contribution in [0.5, 0.6) is 5.88 Å². The van der Waals surface area contributed by atoms with E-state index in [4.69, 9.17) is 0 Å². The van der Waals surface area contributed by atoms with Crippen molar-refractivity contribution in [3.05, 3.63) is 70.0 Å². The average Bonchev–Trinajstić information content (AvgIpc) is 2.37. The number of hydrogen-bond donors (Lipinski definition) is 1. The van der Waals surface area contributed by atoms with Gasteiger partial charge in [-0.2, -0.15) is 0 Å². The maximum Gasteiger partial charge on any atom is 0.258 e. The molecule has 20 heavy (non-hydrogen) atoms. The first-order chi connectivity index (χ1) is 9.56. The minimum absolute atomic E-state index is 0.0156. The second-order valence-corrected chi connectivity index (χ2v) is 5.07. The minimum Gasteiger partial charge on any atom is -0.494 e. The van der Waals surface area contributed by atoms with Crippen molar-refractivity contribution in [2.75, 3.05) is 0 Å². The molecular formula is C17H15NO2. The minimum atomic E-state index is -0.230. The molecule has 0 amide bonds. The topological polar surface area (TPSA) is 42.2 Å². The number of benzene rings is 2. The second-order valence-electron chi connectivity index (χ2n) is 5.07. The quantitative estimate of drug-likeness (QED) is 0.733. The predicted molar refractivity (Wildman–Crippen MR) is 80.7 cm³/mol.